The molecular weight excluding hydrogens is 298 g/mol. The number of carbonyl (C=O) groups is 1. The van der Waals surface area contributed by atoms with Crippen molar-refractivity contribution in [2.75, 3.05) is 0 Å². The second-order valence-electron chi connectivity index (χ2n) is 5.73. The normalized spacial score (nSPS) is 10.9. The Morgan fingerprint density at radius 3 is 2.46 bits per heavy atom. The summed E-state index contributed by atoms with van der Waals surface area (Å²) in [6.45, 7) is 1.92. The van der Waals surface area contributed by atoms with Crippen molar-refractivity contribution in [1.29, 1.82) is 0 Å². The molecule has 0 bridgehead atoms. The average molecular weight is 313 g/mol. The Labute approximate surface area is 139 Å². The van der Waals surface area contributed by atoms with Gasteiger partial charge in [-0.15, -0.1) is 0 Å². The predicted octanol–water partition coefficient (Wildman–Crippen LogP) is 4.92. The monoisotopic (exact) mass is 313 g/mol. The molecule has 0 unspecified atom stereocenters. The van der Waals surface area contributed by atoms with E-state index in [1.807, 2.05) is 67.6 Å². The van der Waals surface area contributed by atoms with Crippen LogP contribution in [-0.4, -0.2) is 11.0 Å². The Kier molecular flexibility index (Phi) is 3.47. The molecule has 0 aliphatic rings. The van der Waals surface area contributed by atoms with Crippen LogP contribution in [-0.2, 0) is 0 Å². The van der Waals surface area contributed by atoms with E-state index in [2.05, 4.69) is 4.98 Å². The molecule has 0 aliphatic heterocycles. The second-order valence-corrected chi connectivity index (χ2v) is 5.73. The molecule has 0 radical (unpaired) electrons. The number of pyridine rings is 1. The van der Waals surface area contributed by atoms with Crippen LogP contribution in [0.4, 0.5) is 0 Å². The molecule has 0 saturated heterocycles. The van der Waals surface area contributed by atoms with Crippen LogP contribution in [0.15, 0.2) is 72.8 Å². The van der Waals surface area contributed by atoms with Crippen molar-refractivity contribution in [1.82, 2.24) is 4.98 Å². The maximum Gasteiger partial charge on any atom is 0.343 e. The number of para-hydroxylation sites is 1. The van der Waals surface area contributed by atoms with Crippen LogP contribution in [0, 0.1) is 6.92 Å². The molecule has 0 fully saturated rings. The molecule has 4 rings (SSSR count). The van der Waals surface area contributed by atoms with Crippen LogP contribution in [0.1, 0.15) is 16.1 Å². The smallest absolute Gasteiger partial charge is 0.343 e. The summed E-state index contributed by atoms with van der Waals surface area (Å²) >= 11 is 0. The van der Waals surface area contributed by atoms with Crippen LogP contribution in [0.25, 0.3) is 21.7 Å². The lowest BCUT2D eigenvalue weighted by Gasteiger charge is -2.08. The van der Waals surface area contributed by atoms with Crippen LogP contribution in [0.2, 0.25) is 0 Å². The van der Waals surface area contributed by atoms with E-state index in [1.165, 1.54) is 0 Å². The summed E-state index contributed by atoms with van der Waals surface area (Å²) in [5.74, 6) is 0.103. The fourth-order valence-electron chi connectivity index (χ4n) is 2.77. The van der Waals surface area contributed by atoms with E-state index in [-0.39, 0.29) is 5.97 Å². The van der Waals surface area contributed by atoms with Crippen LogP contribution in [0.5, 0.6) is 5.75 Å². The molecule has 3 aromatic carbocycles. The Balaban J connectivity index is 1.71. The van der Waals surface area contributed by atoms with Gasteiger partial charge < -0.3 is 4.74 Å². The van der Waals surface area contributed by atoms with Crippen LogP contribution < -0.4 is 4.74 Å². The standard InChI is InChI=1S/C21H15NO2/c1-14-9-10-16-7-4-8-19(20(16)22-14)24-21(23)18-12-11-15-5-2-3-6-17(15)13-18/h2-13H,1H3. The van der Waals surface area contributed by atoms with Gasteiger partial charge in [0, 0.05) is 11.1 Å². The van der Waals surface area contributed by atoms with Crippen molar-refractivity contribution < 1.29 is 9.53 Å². The minimum Gasteiger partial charge on any atom is -0.421 e. The highest BCUT2D eigenvalue weighted by atomic mass is 16.5. The van der Waals surface area contributed by atoms with Gasteiger partial charge in [-0.05, 0) is 42.0 Å². The lowest BCUT2D eigenvalue weighted by Crippen LogP contribution is -2.09. The molecular formula is C21H15NO2. The third-order valence-corrected chi connectivity index (χ3v) is 4.01. The molecule has 0 atom stereocenters. The number of carbonyl (C=O) groups excluding carboxylic acids is 1. The zero-order valence-corrected chi connectivity index (χ0v) is 13.2. The van der Waals surface area contributed by atoms with Gasteiger partial charge in [0.2, 0.25) is 0 Å². The molecule has 24 heavy (non-hydrogen) atoms. The second kappa shape index (κ2) is 5.78. The fraction of sp³-hybridized carbons (Fsp3) is 0.0476. The molecule has 0 aliphatic carbocycles. The third-order valence-electron chi connectivity index (χ3n) is 4.01. The van der Waals surface area contributed by atoms with E-state index in [1.54, 1.807) is 12.1 Å². The maximum absolute atomic E-state index is 12.5. The highest BCUT2D eigenvalue weighted by molar-refractivity contribution is 5.98. The third kappa shape index (κ3) is 2.61. The number of benzene rings is 3. The van der Waals surface area contributed by atoms with Crippen LogP contribution >= 0.6 is 0 Å². The Bertz CT molecular complexity index is 1070. The number of hydrogen-bond donors (Lipinski definition) is 0. The maximum atomic E-state index is 12.5. The van der Waals surface area contributed by atoms with Gasteiger partial charge in [-0.2, -0.15) is 0 Å². The molecule has 0 spiro atoms. The van der Waals surface area contributed by atoms with Crippen molar-refractivity contribution in [3.8, 4) is 5.75 Å². The summed E-state index contributed by atoms with van der Waals surface area (Å²) in [5, 5.41) is 3.06. The summed E-state index contributed by atoms with van der Waals surface area (Å²) in [5.41, 5.74) is 2.11. The summed E-state index contributed by atoms with van der Waals surface area (Å²) in [6, 6.07) is 23.0. The topological polar surface area (TPSA) is 39.2 Å². The number of aromatic nitrogens is 1. The number of esters is 1. The summed E-state index contributed by atoms with van der Waals surface area (Å²) in [4.78, 5) is 17.0. The van der Waals surface area contributed by atoms with Gasteiger partial charge in [0.25, 0.3) is 0 Å². The molecule has 0 saturated carbocycles. The molecule has 3 nitrogen and oxygen atoms in total. The first kappa shape index (κ1) is 14.4. The first-order valence-electron chi connectivity index (χ1n) is 7.78. The first-order chi connectivity index (χ1) is 11.7. The van der Waals surface area contributed by atoms with Gasteiger partial charge in [-0.3, -0.25) is 0 Å². The van der Waals surface area contributed by atoms with Crippen molar-refractivity contribution in [2.45, 2.75) is 6.92 Å². The first-order valence-corrected chi connectivity index (χ1v) is 7.78. The number of hydrogen-bond acceptors (Lipinski definition) is 3. The van der Waals surface area contributed by atoms with Crippen molar-refractivity contribution >= 4 is 27.6 Å². The molecule has 0 N–H and O–H groups in total. The quantitative estimate of drug-likeness (QED) is 0.390. The molecule has 1 heterocycles. The fourth-order valence-corrected chi connectivity index (χ4v) is 2.77. The zero-order valence-electron chi connectivity index (χ0n) is 13.2. The highest BCUT2D eigenvalue weighted by Crippen LogP contribution is 2.25. The SMILES string of the molecule is Cc1ccc2cccc(OC(=O)c3ccc4ccccc4c3)c2n1. The summed E-state index contributed by atoms with van der Waals surface area (Å²) < 4.78 is 5.62. The van der Waals surface area contributed by atoms with E-state index >= 15 is 0 Å². The number of aryl methyl sites for hydroxylation is 1. The van der Waals surface area contributed by atoms with Gasteiger partial charge in [0.1, 0.15) is 5.52 Å². The zero-order chi connectivity index (χ0) is 16.5. The minimum absolute atomic E-state index is 0.378. The van der Waals surface area contributed by atoms with Crippen molar-refractivity contribution in [2.24, 2.45) is 0 Å². The van der Waals surface area contributed by atoms with Gasteiger partial charge >= 0.3 is 5.97 Å². The molecule has 4 aromatic rings. The van der Waals surface area contributed by atoms with Gasteiger partial charge in [-0.25, -0.2) is 9.78 Å². The molecule has 0 amide bonds. The molecule has 3 heteroatoms. The van der Waals surface area contributed by atoms with Gasteiger partial charge in [0.05, 0.1) is 5.56 Å². The van der Waals surface area contributed by atoms with Crippen molar-refractivity contribution in [3.05, 3.63) is 84.1 Å². The Morgan fingerprint density at radius 1 is 0.833 bits per heavy atom. The van der Waals surface area contributed by atoms with Gasteiger partial charge in [-0.1, -0.05) is 48.5 Å². The van der Waals surface area contributed by atoms with E-state index in [0.29, 0.717) is 16.8 Å². The van der Waals surface area contributed by atoms with Crippen molar-refractivity contribution in [3.63, 3.8) is 0 Å². The molecule has 116 valence electrons. The van der Waals surface area contributed by atoms with E-state index in [9.17, 15) is 4.79 Å². The largest absolute Gasteiger partial charge is 0.421 e. The Hall–Kier alpha value is -3.20. The van der Waals surface area contributed by atoms with Gasteiger partial charge in [0.15, 0.2) is 5.75 Å². The van der Waals surface area contributed by atoms with Crippen LogP contribution in [0.3, 0.4) is 0 Å². The minimum atomic E-state index is -0.378. The van der Waals surface area contributed by atoms with E-state index < -0.39 is 0 Å². The Morgan fingerprint density at radius 2 is 1.58 bits per heavy atom. The predicted molar refractivity (Wildman–Crippen MR) is 95.4 cm³/mol. The van der Waals surface area contributed by atoms with E-state index in [4.69, 9.17) is 4.74 Å². The lowest BCUT2D eigenvalue weighted by molar-refractivity contribution is 0.0737. The number of rotatable bonds is 2. The number of ether oxygens (including phenoxy) is 1. The average Bonchev–Trinajstić information content (AvgIpc) is 2.62. The lowest BCUT2D eigenvalue weighted by atomic mass is 10.1. The highest BCUT2D eigenvalue weighted by Gasteiger charge is 2.12. The summed E-state index contributed by atoms with van der Waals surface area (Å²) in [6.07, 6.45) is 0. The molecule has 1 aromatic heterocycles. The summed E-state index contributed by atoms with van der Waals surface area (Å²) in [7, 11) is 0. The number of fused-ring (bicyclic) bond motifs is 2. The number of nitrogens with zero attached hydrogens (tertiary/aromatic N) is 1. The van der Waals surface area contributed by atoms with E-state index in [0.717, 1.165) is 21.9 Å².